The molecule has 2 amide bonds. The van der Waals surface area contributed by atoms with E-state index < -0.39 is 17.6 Å². The van der Waals surface area contributed by atoms with E-state index in [9.17, 15) is 22.8 Å². The number of hydrogen-bond donors (Lipinski definition) is 1. The van der Waals surface area contributed by atoms with E-state index in [0.29, 0.717) is 24.8 Å². The van der Waals surface area contributed by atoms with E-state index in [2.05, 4.69) is 5.32 Å². The second kappa shape index (κ2) is 7.90. The molecule has 0 spiro atoms. The first-order chi connectivity index (χ1) is 12.8. The van der Waals surface area contributed by atoms with Crippen LogP contribution in [0.4, 0.5) is 18.9 Å². The molecule has 0 heterocycles. The molecule has 2 fully saturated rings. The molecule has 0 radical (unpaired) electrons. The largest absolute Gasteiger partial charge is 0.418 e. The molecule has 4 nitrogen and oxygen atoms in total. The van der Waals surface area contributed by atoms with Crippen molar-refractivity contribution in [1.29, 1.82) is 0 Å². The number of para-hydroxylation sites is 1. The molecule has 3 unspecified atom stereocenters. The van der Waals surface area contributed by atoms with E-state index in [1.807, 2.05) is 0 Å². The number of benzene rings is 1. The van der Waals surface area contributed by atoms with Gasteiger partial charge >= 0.3 is 6.18 Å². The lowest BCUT2D eigenvalue weighted by Crippen LogP contribution is -2.39. The summed E-state index contributed by atoms with van der Waals surface area (Å²) < 4.78 is 39.1. The number of rotatable bonds is 6. The van der Waals surface area contributed by atoms with Gasteiger partial charge < -0.3 is 10.2 Å². The van der Waals surface area contributed by atoms with Gasteiger partial charge in [0.15, 0.2) is 0 Å². The lowest BCUT2D eigenvalue weighted by atomic mass is 9.86. The Morgan fingerprint density at radius 1 is 1.19 bits per heavy atom. The molecule has 2 aliphatic carbocycles. The summed E-state index contributed by atoms with van der Waals surface area (Å²) in [6.45, 7) is 1.89. The number of halogens is 3. The number of alkyl halides is 3. The molecular formula is C20H25F3N2O2. The molecule has 2 aliphatic rings. The average Bonchev–Trinajstić information content (AvgIpc) is 3.22. The first kappa shape index (κ1) is 19.7. The quantitative estimate of drug-likeness (QED) is 0.797. The monoisotopic (exact) mass is 382 g/mol. The Hall–Kier alpha value is -2.05. The predicted molar refractivity (Wildman–Crippen MR) is 95.9 cm³/mol. The number of carbonyl (C=O) groups excluding carboxylic acids is 2. The average molecular weight is 382 g/mol. The number of anilines is 1. The van der Waals surface area contributed by atoms with Crippen LogP contribution in [0.2, 0.25) is 0 Å². The molecule has 1 aromatic carbocycles. The van der Waals surface area contributed by atoms with Crippen molar-refractivity contribution in [3.8, 4) is 0 Å². The summed E-state index contributed by atoms with van der Waals surface area (Å²) in [6, 6.07) is 4.85. The molecule has 1 aromatic rings. The molecule has 0 aliphatic heterocycles. The number of fused-ring (bicyclic) bond motifs is 2. The highest BCUT2D eigenvalue weighted by molar-refractivity contribution is 5.95. The summed E-state index contributed by atoms with van der Waals surface area (Å²) in [5.41, 5.74) is -1.18. The second-order valence-corrected chi connectivity index (χ2v) is 7.64. The molecule has 0 saturated heterocycles. The van der Waals surface area contributed by atoms with Crippen LogP contribution >= 0.6 is 0 Å². The highest BCUT2D eigenvalue weighted by atomic mass is 19.4. The van der Waals surface area contributed by atoms with E-state index in [4.69, 9.17) is 0 Å². The van der Waals surface area contributed by atoms with Crippen LogP contribution in [0, 0.1) is 17.8 Å². The van der Waals surface area contributed by atoms with Crippen molar-refractivity contribution < 1.29 is 22.8 Å². The van der Waals surface area contributed by atoms with Crippen LogP contribution in [0.15, 0.2) is 24.3 Å². The van der Waals surface area contributed by atoms with Crippen LogP contribution in [0.5, 0.6) is 0 Å². The van der Waals surface area contributed by atoms with Gasteiger partial charge in [-0.1, -0.05) is 18.6 Å². The first-order valence-electron chi connectivity index (χ1n) is 9.51. The fourth-order valence-electron chi connectivity index (χ4n) is 4.56. The van der Waals surface area contributed by atoms with Gasteiger partial charge in [0.25, 0.3) is 0 Å². The Morgan fingerprint density at radius 3 is 2.52 bits per heavy atom. The van der Waals surface area contributed by atoms with Crippen LogP contribution in [-0.2, 0) is 15.8 Å². The first-order valence-corrected chi connectivity index (χ1v) is 9.51. The maximum absolute atomic E-state index is 13.0. The van der Waals surface area contributed by atoms with Crippen LogP contribution in [0.3, 0.4) is 0 Å². The molecule has 2 saturated carbocycles. The third kappa shape index (κ3) is 4.62. The van der Waals surface area contributed by atoms with Gasteiger partial charge in [-0.3, -0.25) is 9.59 Å². The zero-order chi connectivity index (χ0) is 19.6. The molecule has 3 rings (SSSR count). The van der Waals surface area contributed by atoms with Gasteiger partial charge in [-0.05, 0) is 56.1 Å². The molecule has 27 heavy (non-hydrogen) atoms. The van der Waals surface area contributed by atoms with Crippen LogP contribution < -0.4 is 5.32 Å². The van der Waals surface area contributed by atoms with Gasteiger partial charge in [0.2, 0.25) is 11.8 Å². The Labute approximate surface area is 157 Å². The van der Waals surface area contributed by atoms with Gasteiger partial charge in [0.1, 0.15) is 0 Å². The van der Waals surface area contributed by atoms with Crippen LogP contribution in [-0.4, -0.2) is 29.8 Å². The normalized spacial score (nSPS) is 24.1. The lowest BCUT2D eigenvalue weighted by Gasteiger charge is -2.26. The topological polar surface area (TPSA) is 49.4 Å². The molecule has 0 aromatic heterocycles. The number of likely N-dealkylation sites (N-methyl/N-ethyl adjacent to an activating group) is 1. The summed E-state index contributed by atoms with van der Waals surface area (Å²) in [4.78, 5) is 26.3. The number of nitrogens with zero attached hydrogens (tertiary/aromatic N) is 1. The van der Waals surface area contributed by atoms with E-state index in [-0.39, 0.29) is 18.1 Å². The second-order valence-electron chi connectivity index (χ2n) is 7.64. The zero-order valence-electron chi connectivity index (χ0n) is 15.4. The van der Waals surface area contributed by atoms with E-state index in [1.165, 1.54) is 42.4 Å². The highest BCUT2D eigenvalue weighted by Gasteiger charge is 2.40. The van der Waals surface area contributed by atoms with Gasteiger partial charge in [0, 0.05) is 13.0 Å². The SMILES string of the molecule is CCN(CC(=O)Nc1ccccc1C(F)(F)F)C(=O)CC1CC2CCC1C2. The summed E-state index contributed by atoms with van der Waals surface area (Å²) in [5, 5.41) is 2.30. The van der Waals surface area contributed by atoms with Crippen molar-refractivity contribution in [2.75, 3.05) is 18.4 Å². The smallest absolute Gasteiger partial charge is 0.334 e. The zero-order valence-corrected chi connectivity index (χ0v) is 15.4. The molecule has 148 valence electrons. The lowest BCUT2D eigenvalue weighted by molar-refractivity contribution is -0.137. The predicted octanol–water partition coefficient (Wildman–Crippen LogP) is 4.32. The fourth-order valence-corrected chi connectivity index (χ4v) is 4.56. The van der Waals surface area contributed by atoms with Crippen LogP contribution in [0.1, 0.15) is 44.6 Å². The van der Waals surface area contributed by atoms with E-state index in [1.54, 1.807) is 6.92 Å². The third-order valence-electron chi connectivity index (χ3n) is 5.90. The Bertz CT molecular complexity index is 705. The minimum absolute atomic E-state index is 0.0886. The van der Waals surface area contributed by atoms with E-state index in [0.717, 1.165) is 18.4 Å². The van der Waals surface area contributed by atoms with Crippen LogP contribution in [0.25, 0.3) is 0 Å². The molecule has 3 atom stereocenters. The maximum Gasteiger partial charge on any atom is 0.418 e. The third-order valence-corrected chi connectivity index (χ3v) is 5.90. The molecule has 7 heteroatoms. The minimum atomic E-state index is -4.55. The van der Waals surface area contributed by atoms with Crippen molar-refractivity contribution in [2.24, 2.45) is 17.8 Å². The number of hydrogen-bond acceptors (Lipinski definition) is 2. The van der Waals surface area contributed by atoms with Crippen molar-refractivity contribution in [3.63, 3.8) is 0 Å². The minimum Gasteiger partial charge on any atom is -0.334 e. The Morgan fingerprint density at radius 2 is 1.93 bits per heavy atom. The Kier molecular flexibility index (Phi) is 5.77. The fraction of sp³-hybridized carbons (Fsp3) is 0.600. The van der Waals surface area contributed by atoms with Crippen molar-refractivity contribution >= 4 is 17.5 Å². The van der Waals surface area contributed by atoms with Crippen molar-refractivity contribution in [1.82, 2.24) is 4.90 Å². The Balaban J connectivity index is 1.58. The van der Waals surface area contributed by atoms with Gasteiger partial charge in [0.05, 0.1) is 17.8 Å². The molecule has 2 bridgehead atoms. The molecular weight excluding hydrogens is 357 g/mol. The number of amides is 2. The summed E-state index contributed by atoms with van der Waals surface area (Å²) in [6.07, 6.45) is 0.614. The number of carbonyl (C=O) groups is 2. The summed E-state index contributed by atoms with van der Waals surface area (Å²) >= 11 is 0. The van der Waals surface area contributed by atoms with Gasteiger partial charge in [-0.2, -0.15) is 13.2 Å². The maximum atomic E-state index is 13.0. The molecule has 1 N–H and O–H groups in total. The standard InChI is InChI=1S/C20H25F3N2O2/c1-2-25(19(27)11-15-10-13-7-8-14(15)9-13)12-18(26)24-17-6-4-3-5-16(17)20(21,22)23/h3-6,13-15H,2,7-12H2,1H3,(H,24,26). The van der Waals surface area contributed by atoms with Gasteiger partial charge in [-0.25, -0.2) is 0 Å². The summed E-state index contributed by atoms with van der Waals surface area (Å²) in [5.74, 6) is 1.04. The van der Waals surface area contributed by atoms with Crippen molar-refractivity contribution in [2.45, 2.75) is 45.2 Å². The van der Waals surface area contributed by atoms with Gasteiger partial charge in [-0.15, -0.1) is 0 Å². The van der Waals surface area contributed by atoms with E-state index >= 15 is 0 Å². The number of nitrogens with one attached hydrogen (secondary N) is 1. The summed E-state index contributed by atoms with van der Waals surface area (Å²) in [7, 11) is 0. The highest BCUT2D eigenvalue weighted by Crippen LogP contribution is 2.49. The van der Waals surface area contributed by atoms with Crippen molar-refractivity contribution in [3.05, 3.63) is 29.8 Å².